The van der Waals surface area contributed by atoms with Crippen molar-refractivity contribution in [3.05, 3.63) is 59.7 Å². The van der Waals surface area contributed by atoms with Crippen molar-refractivity contribution in [3.8, 4) is 11.5 Å². The van der Waals surface area contributed by atoms with Crippen molar-refractivity contribution in [1.29, 1.82) is 0 Å². The highest BCUT2D eigenvalue weighted by Crippen LogP contribution is 2.54. The molecule has 1 atom stereocenters. The van der Waals surface area contributed by atoms with E-state index in [9.17, 15) is 10.2 Å². The van der Waals surface area contributed by atoms with Gasteiger partial charge < -0.3 is 10.2 Å². The van der Waals surface area contributed by atoms with Crippen LogP contribution in [-0.2, 0) is 5.41 Å². The van der Waals surface area contributed by atoms with Gasteiger partial charge in [0.25, 0.3) is 0 Å². The fraction of sp³-hybridized carbons (Fsp3) is 0.429. The van der Waals surface area contributed by atoms with Gasteiger partial charge in [0, 0.05) is 5.41 Å². The van der Waals surface area contributed by atoms with Crippen LogP contribution >= 0.6 is 0 Å². The summed E-state index contributed by atoms with van der Waals surface area (Å²) in [6.07, 6.45) is 3.24. The zero-order valence-electron chi connectivity index (χ0n) is 14.2. The number of aromatic hydroxyl groups is 2. The first-order chi connectivity index (χ1) is 10.8. The first kappa shape index (κ1) is 15.9. The molecule has 0 heterocycles. The molecule has 0 saturated heterocycles. The average molecular weight is 310 g/mol. The monoisotopic (exact) mass is 310 g/mol. The second kappa shape index (κ2) is 5.59. The van der Waals surface area contributed by atoms with Crippen molar-refractivity contribution in [2.45, 2.75) is 45.4 Å². The standard InChI is InChI=1S/C21H26O2/c1-15-12-20(2,3)14-21(13-15,16-6-4-8-18(22)10-16)17-7-5-9-19(23)11-17/h4-11,15,22-23H,12-14H2,1-3H3. The molecule has 0 aromatic heterocycles. The number of phenolic OH excluding ortho intramolecular Hbond substituents is 2. The van der Waals surface area contributed by atoms with Gasteiger partial charge in [-0.15, -0.1) is 0 Å². The molecule has 23 heavy (non-hydrogen) atoms. The zero-order valence-corrected chi connectivity index (χ0v) is 14.2. The van der Waals surface area contributed by atoms with Crippen LogP contribution < -0.4 is 0 Å². The second-order valence-corrected chi connectivity index (χ2v) is 8.04. The van der Waals surface area contributed by atoms with Gasteiger partial charge in [-0.25, -0.2) is 0 Å². The molecular weight excluding hydrogens is 284 g/mol. The summed E-state index contributed by atoms with van der Waals surface area (Å²) in [7, 11) is 0. The van der Waals surface area contributed by atoms with Crippen molar-refractivity contribution in [1.82, 2.24) is 0 Å². The summed E-state index contributed by atoms with van der Waals surface area (Å²) in [5.41, 5.74) is 2.33. The summed E-state index contributed by atoms with van der Waals surface area (Å²) in [6, 6.07) is 15.3. The lowest BCUT2D eigenvalue weighted by atomic mass is 9.55. The molecule has 0 amide bonds. The maximum atomic E-state index is 10.0. The summed E-state index contributed by atoms with van der Waals surface area (Å²) in [5.74, 6) is 1.19. The van der Waals surface area contributed by atoms with Gasteiger partial charge in [0.05, 0.1) is 0 Å². The van der Waals surface area contributed by atoms with E-state index in [-0.39, 0.29) is 10.8 Å². The molecule has 2 heteroatoms. The van der Waals surface area contributed by atoms with E-state index in [4.69, 9.17) is 0 Å². The van der Waals surface area contributed by atoms with Gasteiger partial charge in [-0.2, -0.15) is 0 Å². The number of benzene rings is 2. The Morgan fingerprint density at radius 1 is 0.870 bits per heavy atom. The van der Waals surface area contributed by atoms with Crippen LogP contribution in [-0.4, -0.2) is 10.2 Å². The molecule has 3 rings (SSSR count). The van der Waals surface area contributed by atoms with E-state index in [0.717, 1.165) is 24.0 Å². The molecule has 1 aliphatic carbocycles. The van der Waals surface area contributed by atoms with Crippen molar-refractivity contribution >= 4 is 0 Å². The third kappa shape index (κ3) is 3.08. The van der Waals surface area contributed by atoms with Crippen molar-refractivity contribution in [2.24, 2.45) is 11.3 Å². The van der Waals surface area contributed by atoms with Crippen LogP contribution in [0.15, 0.2) is 48.5 Å². The third-order valence-electron chi connectivity index (χ3n) is 5.18. The molecule has 1 fully saturated rings. The summed E-state index contributed by atoms with van der Waals surface area (Å²) >= 11 is 0. The van der Waals surface area contributed by atoms with Gasteiger partial charge in [0.2, 0.25) is 0 Å². The smallest absolute Gasteiger partial charge is 0.115 e. The Bertz CT molecular complexity index is 657. The van der Waals surface area contributed by atoms with E-state index in [1.54, 1.807) is 12.1 Å². The fourth-order valence-corrected chi connectivity index (χ4v) is 4.79. The predicted octanol–water partition coefficient (Wildman–Crippen LogP) is 5.23. The van der Waals surface area contributed by atoms with Gasteiger partial charge in [-0.3, -0.25) is 0 Å². The van der Waals surface area contributed by atoms with Gasteiger partial charge in [-0.05, 0) is 66.0 Å². The number of rotatable bonds is 2. The third-order valence-corrected chi connectivity index (χ3v) is 5.18. The summed E-state index contributed by atoms with van der Waals surface area (Å²) in [5, 5.41) is 20.0. The lowest BCUT2D eigenvalue weighted by Crippen LogP contribution is -2.41. The van der Waals surface area contributed by atoms with Crippen LogP contribution in [0.1, 0.15) is 51.2 Å². The maximum Gasteiger partial charge on any atom is 0.115 e. The zero-order chi connectivity index (χ0) is 16.7. The minimum absolute atomic E-state index is 0.168. The quantitative estimate of drug-likeness (QED) is 0.797. The minimum Gasteiger partial charge on any atom is -0.508 e. The lowest BCUT2D eigenvalue weighted by molar-refractivity contribution is 0.126. The van der Waals surface area contributed by atoms with E-state index < -0.39 is 0 Å². The molecule has 1 aliphatic rings. The highest BCUT2D eigenvalue weighted by molar-refractivity contribution is 5.45. The Balaban J connectivity index is 2.21. The summed E-state index contributed by atoms with van der Waals surface area (Å²) in [6.45, 7) is 6.95. The molecule has 2 N–H and O–H groups in total. The Kier molecular flexibility index (Phi) is 3.87. The largest absolute Gasteiger partial charge is 0.508 e. The van der Waals surface area contributed by atoms with Crippen molar-refractivity contribution in [3.63, 3.8) is 0 Å². The average Bonchev–Trinajstić information content (AvgIpc) is 2.45. The lowest BCUT2D eigenvalue weighted by Gasteiger charge is -2.48. The topological polar surface area (TPSA) is 40.5 Å². The second-order valence-electron chi connectivity index (χ2n) is 8.04. The first-order valence-corrected chi connectivity index (χ1v) is 8.40. The van der Waals surface area contributed by atoms with E-state index in [2.05, 4.69) is 32.9 Å². The molecule has 0 radical (unpaired) electrons. The highest BCUT2D eigenvalue weighted by Gasteiger charge is 2.45. The minimum atomic E-state index is -0.168. The van der Waals surface area contributed by atoms with E-state index in [1.807, 2.05) is 24.3 Å². The first-order valence-electron chi connectivity index (χ1n) is 8.40. The van der Waals surface area contributed by atoms with Crippen LogP contribution in [0.25, 0.3) is 0 Å². The fourth-order valence-electron chi connectivity index (χ4n) is 4.79. The summed E-state index contributed by atoms with van der Waals surface area (Å²) in [4.78, 5) is 0. The molecule has 2 nitrogen and oxygen atoms in total. The SMILES string of the molecule is CC1CC(C)(C)CC(c2cccc(O)c2)(c2cccc(O)c2)C1. The molecule has 122 valence electrons. The molecule has 2 aromatic carbocycles. The normalized spacial score (nSPS) is 22.7. The van der Waals surface area contributed by atoms with Crippen molar-refractivity contribution < 1.29 is 10.2 Å². The van der Waals surface area contributed by atoms with Crippen LogP contribution in [0.5, 0.6) is 11.5 Å². The van der Waals surface area contributed by atoms with Crippen LogP contribution in [0, 0.1) is 11.3 Å². The molecule has 0 bridgehead atoms. The maximum absolute atomic E-state index is 10.0. The number of hydrogen-bond donors (Lipinski definition) is 2. The van der Waals surface area contributed by atoms with Crippen LogP contribution in [0.4, 0.5) is 0 Å². The van der Waals surface area contributed by atoms with Gasteiger partial charge in [0.15, 0.2) is 0 Å². The van der Waals surface area contributed by atoms with Gasteiger partial charge in [-0.1, -0.05) is 45.0 Å². The van der Waals surface area contributed by atoms with E-state index in [1.165, 1.54) is 6.42 Å². The van der Waals surface area contributed by atoms with Gasteiger partial charge in [0.1, 0.15) is 11.5 Å². The molecule has 1 saturated carbocycles. The van der Waals surface area contributed by atoms with E-state index >= 15 is 0 Å². The Morgan fingerprint density at radius 2 is 1.39 bits per heavy atom. The van der Waals surface area contributed by atoms with Crippen LogP contribution in [0.2, 0.25) is 0 Å². The number of hydrogen-bond acceptors (Lipinski definition) is 2. The van der Waals surface area contributed by atoms with E-state index in [0.29, 0.717) is 17.4 Å². The Labute approximate surface area is 138 Å². The predicted molar refractivity (Wildman–Crippen MR) is 93.8 cm³/mol. The highest BCUT2D eigenvalue weighted by atomic mass is 16.3. The molecule has 0 aliphatic heterocycles. The molecule has 1 unspecified atom stereocenters. The summed E-state index contributed by atoms with van der Waals surface area (Å²) < 4.78 is 0. The number of phenols is 2. The Hall–Kier alpha value is -1.96. The molecular formula is C21H26O2. The molecule has 2 aromatic rings. The Morgan fingerprint density at radius 3 is 1.83 bits per heavy atom. The van der Waals surface area contributed by atoms with Crippen LogP contribution in [0.3, 0.4) is 0 Å². The van der Waals surface area contributed by atoms with Crippen molar-refractivity contribution in [2.75, 3.05) is 0 Å². The van der Waals surface area contributed by atoms with Gasteiger partial charge >= 0.3 is 0 Å². The molecule has 0 spiro atoms.